The number of hydrogen-bond acceptors (Lipinski definition) is 3. The molecular weight excluding hydrogens is 296 g/mol. The Balaban J connectivity index is 1.66. The molecule has 0 unspecified atom stereocenters. The standard InChI is InChI=1S/C20H40N4/c1-2-3-4-5-6-7-8-9-10-11-12-13-14-15-16-17-18-21-20-19-22-24-23-20/h19H,2-18H2,1H3,(H2,21,22,23,24). The zero-order chi connectivity index (χ0) is 17.1. The van der Waals surface area contributed by atoms with E-state index in [9.17, 15) is 0 Å². The van der Waals surface area contributed by atoms with Gasteiger partial charge in [-0.25, -0.2) is 0 Å². The molecule has 4 nitrogen and oxygen atoms in total. The smallest absolute Gasteiger partial charge is 0.168 e. The lowest BCUT2D eigenvalue weighted by atomic mass is 10.0. The molecule has 0 amide bonds. The van der Waals surface area contributed by atoms with Crippen LogP contribution in [-0.2, 0) is 0 Å². The van der Waals surface area contributed by atoms with Gasteiger partial charge in [0.25, 0.3) is 0 Å². The number of hydrogen-bond donors (Lipinski definition) is 2. The number of H-pyrrole nitrogens is 1. The van der Waals surface area contributed by atoms with Crippen LogP contribution in [0.4, 0.5) is 5.82 Å². The number of unbranched alkanes of at least 4 members (excludes halogenated alkanes) is 15. The Bertz CT molecular complexity index is 337. The van der Waals surface area contributed by atoms with Crippen molar-refractivity contribution in [1.29, 1.82) is 0 Å². The van der Waals surface area contributed by atoms with Crippen molar-refractivity contribution < 1.29 is 0 Å². The van der Waals surface area contributed by atoms with Crippen LogP contribution in [0, 0.1) is 0 Å². The molecule has 0 aliphatic rings. The van der Waals surface area contributed by atoms with Crippen molar-refractivity contribution in [3.05, 3.63) is 6.20 Å². The molecular formula is C20H40N4. The average molecular weight is 337 g/mol. The lowest BCUT2D eigenvalue weighted by Crippen LogP contribution is -2.01. The fourth-order valence-electron chi connectivity index (χ4n) is 3.18. The van der Waals surface area contributed by atoms with Crippen LogP contribution in [0.25, 0.3) is 0 Å². The highest BCUT2D eigenvalue weighted by Crippen LogP contribution is 2.13. The van der Waals surface area contributed by atoms with Gasteiger partial charge in [-0.05, 0) is 6.42 Å². The number of nitrogens with one attached hydrogen (secondary N) is 2. The van der Waals surface area contributed by atoms with Crippen LogP contribution in [0.5, 0.6) is 0 Å². The average Bonchev–Trinajstić information content (AvgIpc) is 3.11. The summed E-state index contributed by atoms with van der Waals surface area (Å²) in [5.41, 5.74) is 0. The first-order valence-electron chi connectivity index (χ1n) is 10.5. The Morgan fingerprint density at radius 3 is 1.58 bits per heavy atom. The van der Waals surface area contributed by atoms with Gasteiger partial charge in [-0.2, -0.15) is 10.3 Å². The number of anilines is 1. The molecule has 0 fully saturated rings. The third-order valence-electron chi connectivity index (χ3n) is 4.75. The van der Waals surface area contributed by atoms with E-state index in [1.54, 1.807) is 6.20 Å². The van der Waals surface area contributed by atoms with Gasteiger partial charge in [0.1, 0.15) is 0 Å². The largest absolute Gasteiger partial charge is 0.367 e. The van der Waals surface area contributed by atoms with Gasteiger partial charge >= 0.3 is 0 Å². The fraction of sp³-hybridized carbons (Fsp3) is 0.900. The molecule has 0 spiro atoms. The predicted molar refractivity (Wildman–Crippen MR) is 104 cm³/mol. The van der Waals surface area contributed by atoms with Crippen LogP contribution in [0.1, 0.15) is 110 Å². The minimum Gasteiger partial charge on any atom is -0.367 e. The molecule has 0 bridgehead atoms. The maximum Gasteiger partial charge on any atom is 0.168 e. The van der Waals surface area contributed by atoms with E-state index < -0.39 is 0 Å². The lowest BCUT2D eigenvalue weighted by Gasteiger charge is -2.04. The molecule has 0 aromatic carbocycles. The van der Waals surface area contributed by atoms with Crippen LogP contribution in [0.15, 0.2) is 6.20 Å². The van der Waals surface area contributed by atoms with Gasteiger partial charge in [-0.1, -0.05) is 103 Å². The Labute approximate surface area is 149 Å². The SMILES string of the molecule is CCCCCCCCCCCCCCCCCCNc1cn[nH]n1. The molecule has 24 heavy (non-hydrogen) atoms. The highest BCUT2D eigenvalue weighted by molar-refractivity contribution is 5.27. The molecule has 4 heteroatoms. The van der Waals surface area contributed by atoms with Crippen LogP contribution in [0.3, 0.4) is 0 Å². The van der Waals surface area contributed by atoms with E-state index in [4.69, 9.17) is 0 Å². The molecule has 1 aromatic rings. The highest BCUT2D eigenvalue weighted by Gasteiger charge is 1.96. The van der Waals surface area contributed by atoms with Crippen LogP contribution in [-0.4, -0.2) is 22.0 Å². The Morgan fingerprint density at radius 2 is 1.17 bits per heavy atom. The lowest BCUT2D eigenvalue weighted by molar-refractivity contribution is 0.530. The van der Waals surface area contributed by atoms with Crippen molar-refractivity contribution in [3.8, 4) is 0 Å². The molecule has 1 heterocycles. The second-order valence-electron chi connectivity index (χ2n) is 7.09. The van der Waals surface area contributed by atoms with E-state index in [1.165, 1.54) is 103 Å². The number of rotatable bonds is 18. The van der Waals surface area contributed by atoms with Crippen molar-refractivity contribution in [2.75, 3.05) is 11.9 Å². The topological polar surface area (TPSA) is 53.6 Å². The summed E-state index contributed by atoms with van der Waals surface area (Å²) >= 11 is 0. The first kappa shape index (κ1) is 21.0. The number of aromatic amines is 1. The Morgan fingerprint density at radius 1 is 0.708 bits per heavy atom. The van der Waals surface area contributed by atoms with Crippen molar-refractivity contribution in [3.63, 3.8) is 0 Å². The Hall–Kier alpha value is -1.06. The number of aromatic nitrogens is 3. The molecule has 1 aromatic heterocycles. The monoisotopic (exact) mass is 336 g/mol. The fourth-order valence-corrected chi connectivity index (χ4v) is 3.18. The predicted octanol–water partition coefficient (Wildman–Crippen LogP) is 6.48. The van der Waals surface area contributed by atoms with Crippen molar-refractivity contribution in [2.24, 2.45) is 0 Å². The van der Waals surface area contributed by atoms with E-state index in [0.717, 1.165) is 12.4 Å². The summed E-state index contributed by atoms with van der Waals surface area (Å²) in [5.74, 6) is 0.857. The first-order chi connectivity index (χ1) is 11.9. The summed E-state index contributed by atoms with van der Waals surface area (Å²) in [4.78, 5) is 0. The van der Waals surface area contributed by atoms with Crippen LogP contribution < -0.4 is 5.32 Å². The van der Waals surface area contributed by atoms with Gasteiger partial charge in [0.05, 0.1) is 6.20 Å². The van der Waals surface area contributed by atoms with E-state index in [0.29, 0.717) is 0 Å². The van der Waals surface area contributed by atoms with Crippen molar-refractivity contribution >= 4 is 5.82 Å². The first-order valence-corrected chi connectivity index (χ1v) is 10.5. The van der Waals surface area contributed by atoms with Gasteiger partial charge in [0.15, 0.2) is 5.82 Å². The minimum atomic E-state index is 0.857. The summed E-state index contributed by atoms with van der Waals surface area (Å²) in [6, 6.07) is 0. The molecule has 1 rings (SSSR count). The van der Waals surface area contributed by atoms with Gasteiger partial charge in [-0.3, -0.25) is 0 Å². The van der Waals surface area contributed by atoms with Gasteiger partial charge in [-0.15, -0.1) is 5.10 Å². The van der Waals surface area contributed by atoms with Crippen LogP contribution >= 0.6 is 0 Å². The summed E-state index contributed by atoms with van der Waals surface area (Å²) in [6.45, 7) is 3.29. The summed E-state index contributed by atoms with van der Waals surface area (Å²) in [5, 5.41) is 13.6. The molecule has 140 valence electrons. The minimum absolute atomic E-state index is 0.857. The Kier molecular flexibility index (Phi) is 14.7. The van der Waals surface area contributed by atoms with Crippen LogP contribution in [0.2, 0.25) is 0 Å². The zero-order valence-electron chi connectivity index (χ0n) is 16.0. The van der Waals surface area contributed by atoms with Gasteiger partial charge < -0.3 is 5.32 Å². The molecule has 2 N–H and O–H groups in total. The van der Waals surface area contributed by atoms with Crippen molar-refractivity contribution in [2.45, 2.75) is 110 Å². The maximum absolute atomic E-state index is 3.98. The molecule has 0 aliphatic carbocycles. The third-order valence-corrected chi connectivity index (χ3v) is 4.75. The van der Waals surface area contributed by atoms with E-state index in [1.807, 2.05) is 0 Å². The molecule has 0 radical (unpaired) electrons. The second-order valence-corrected chi connectivity index (χ2v) is 7.09. The quantitative estimate of drug-likeness (QED) is 0.302. The third kappa shape index (κ3) is 13.4. The van der Waals surface area contributed by atoms with Gasteiger partial charge in [0, 0.05) is 6.54 Å². The molecule has 0 saturated carbocycles. The summed E-state index contributed by atoms with van der Waals surface area (Å²) < 4.78 is 0. The molecule has 0 saturated heterocycles. The summed E-state index contributed by atoms with van der Waals surface area (Å²) in [6.07, 6.45) is 24.4. The highest BCUT2D eigenvalue weighted by atomic mass is 15.3. The zero-order valence-corrected chi connectivity index (χ0v) is 16.0. The van der Waals surface area contributed by atoms with Crippen molar-refractivity contribution in [1.82, 2.24) is 15.4 Å². The summed E-state index contributed by atoms with van der Waals surface area (Å²) in [7, 11) is 0. The molecule has 0 aliphatic heterocycles. The van der Waals surface area contributed by atoms with Gasteiger partial charge in [0.2, 0.25) is 0 Å². The van der Waals surface area contributed by atoms with E-state index >= 15 is 0 Å². The molecule has 0 atom stereocenters. The normalized spacial score (nSPS) is 11.0. The van der Waals surface area contributed by atoms with E-state index in [-0.39, 0.29) is 0 Å². The van der Waals surface area contributed by atoms with E-state index in [2.05, 4.69) is 27.7 Å². The second kappa shape index (κ2) is 16.8. The maximum atomic E-state index is 3.98. The number of nitrogens with zero attached hydrogens (tertiary/aromatic N) is 2.